The number of nitrogens with zero attached hydrogens (tertiary/aromatic N) is 1. The summed E-state index contributed by atoms with van der Waals surface area (Å²) >= 11 is 0. The first-order valence-corrected chi connectivity index (χ1v) is 11.0. The molecule has 0 unspecified atom stereocenters. The first kappa shape index (κ1) is 19.0. The molecule has 3 aromatic rings. The molecule has 5 heteroatoms. The number of carbonyl (C=O) groups excluding carboxylic acids is 1. The van der Waals surface area contributed by atoms with Crippen LogP contribution < -0.4 is 9.47 Å². The van der Waals surface area contributed by atoms with Crippen molar-refractivity contribution in [2.45, 2.75) is 44.6 Å². The van der Waals surface area contributed by atoms with Crippen molar-refractivity contribution in [2.75, 3.05) is 19.8 Å². The molecular formula is C25H28N2O3. The summed E-state index contributed by atoms with van der Waals surface area (Å²) in [4.78, 5) is 18.4. The SMILES string of the molecule is O=C(CCCc1c[nH]c2ccccc12)N1CCC[C@@H]1c1ccc2c(c1)OCCCO2. The zero-order valence-electron chi connectivity index (χ0n) is 17.2. The molecule has 1 amide bonds. The van der Waals surface area contributed by atoms with Crippen LogP contribution in [0, 0.1) is 0 Å². The zero-order chi connectivity index (χ0) is 20.3. The fraction of sp³-hybridized carbons (Fsp3) is 0.400. The van der Waals surface area contributed by atoms with Gasteiger partial charge in [0.15, 0.2) is 11.5 Å². The van der Waals surface area contributed by atoms with Gasteiger partial charge in [-0.15, -0.1) is 0 Å². The van der Waals surface area contributed by atoms with E-state index >= 15 is 0 Å². The van der Waals surface area contributed by atoms with Crippen LogP contribution in [-0.4, -0.2) is 35.5 Å². The molecule has 30 heavy (non-hydrogen) atoms. The predicted octanol–water partition coefficient (Wildman–Crippen LogP) is 5.02. The maximum atomic E-state index is 13.0. The Balaban J connectivity index is 1.23. The fourth-order valence-corrected chi connectivity index (χ4v) is 4.71. The minimum absolute atomic E-state index is 0.141. The number of likely N-dealkylation sites (tertiary alicyclic amines) is 1. The molecule has 3 heterocycles. The van der Waals surface area contributed by atoms with Crippen LogP contribution in [-0.2, 0) is 11.2 Å². The Morgan fingerprint density at radius 1 is 1.07 bits per heavy atom. The minimum Gasteiger partial charge on any atom is -0.490 e. The van der Waals surface area contributed by atoms with Crippen LogP contribution in [0.5, 0.6) is 11.5 Å². The first-order chi connectivity index (χ1) is 14.8. The molecule has 156 valence electrons. The number of H-pyrrole nitrogens is 1. The summed E-state index contributed by atoms with van der Waals surface area (Å²) in [6.07, 6.45) is 7.39. The number of benzene rings is 2. The number of amides is 1. The lowest BCUT2D eigenvalue weighted by Crippen LogP contribution is -2.30. The molecule has 0 aliphatic carbocycles. The van der Waals surface area contributed by atoms with Crippen LogP contribution in [0.1, 0.15) is 49.3 Å². The number of carbonyl (C=O) groups is 1. The van der Waals surface area contributed by atoms with Gasteiger partial charge in [-0.1, -0.05) is 24.3 Å². The maximum Gasteiger partial charge on any atom is 0.223 e. The van der Waals surface area contributed by atoms with E-state index in [1.54, 1.807) is 0 Å². The molecule has 1 N–H and O–H groups in total. The number of hydrogen-bond donors (Lipinski definition) is 1. The van der Waals surface area contributed by atoms with Crippen LogP contribution in [0.4, 0.5) is 0 Å². The quantitative estimate of drug-likeness (QED) is 0.650. The molecule has 0 saturated carbocycles. The molecule has 0 spiro atoms. The summed E-state index contributed by atoms with van der Waals surface area (Å²) in [5, 5.41) is 1.26. The second kappa shape index (κ2) is 8.42. The second-order valence-electron chi connectivity index (χ2n) is 8.21. The second-order valence-corrected chi connectivity index (χ2v) is 8.21. The van der Waals surface area contributed by atoms with Gasteiger partial charge >= 0.3 is 0 Å². The highest BCUT2D eigenvalue weighted by molar-refractivity contribution is 5.83. The smallest absolute Gasteiger partial charge is 0.223 e. The van der Waals surface area contributed by atoms with Crippen molar-refractivity contribution in [3.63, 3.8) is 0 Å². The Labute approximate surface area is 177 Å². The number of ether oxygens (including phenoxy) is 2. The molecule has 0 bridgehead atoms. The van der Waals surface area contributed by atoms with Gasteiger partial charge in [0.05, 0.1) is 19.3 Å². The summed E-state index contributed by atoms with van der Waals surface area (Å²) in [6.45, 7) is 2.21. The number of fused-ring (bicyclic) bond motifs is 2. The van der Waals surface area contributed by atoms with Gasteiger partial charge in [-0.05, 0) is 55.0 Å². The summed E-state index contributed by atoms with van der Waals surface area (Å²) < 4.78 is 11.6. The van der Waals surface area contributed by atoms with Crippen LogP contribution in [0.15, 0.2) is 48.7 Å². The van der Waals surface area contributed by atoms with Gasteiger partial charge in [0.2, 0.25) is 5.91 Å². The monoisotopic (exact) mass is 404 g/mol. The van der Waals surface area contributed by atoms with E-state index < -0.39 is 0 Å². The van der Waals surface area contributed by atoms with E-state index in [-0.39, 0.29) is 11.9 Å². The van der Waals surface area contributed by atoms with Gasteiger partial charge in [0.1, 0.15) is 0 Å². The van der Waals surface area contributed by atoms with E-state index in [1.165, 1.54) is 10.9 Å². The molecule has 1 saturated heterocycles. The molecule has 1 atom stereocenters. The Kier molecular flexibility index (Phi) is 5.35. The number of hydrogen-bond acceptors (Lipinski definition) is 3. The number of nitrogens with one attached hydrogen (secondary N) is 1. The third-order valence-corrected chi connectivity index (χ3v) is 6.24. The lowest BCUT2D eigenvalue weighted by Gasteiger charge is -2.26. The van der Waals surface area contributed by atoms with Crippen molar-refractivity contribution in [3.05, 3.63) is 59.8 Å². The third-order valence-electron chi connectivity index (χ3n) is 6.24. The number of para-hydroxylation sites is 1. The van der Waals surface area contributed by atoms with Crippen LogP contribution >= 0.6 is 0 Å². The highest BCUT2D eigenvalue weighted by Gasteiger charge is 2.30. The summed E-state index contributed by atoms with van der Waals surface area (Å²) in [6, 6.07) is 14.6. The molecule has 2 aromatic carbocycles. The van der Waals surface area contributed by atoms with Gasteiger partial charge in [0, 0.05) is 36.5 Å². The van der Waals surface area contributed by atoms with E-state index in [1.807, 2.05) is 12.1 Å². The molecule has 5 nitrogen and oxygen atoms in total. The van der Waals surface area contributed by atoms with Crippen molar-refractivity contribution in [3.8, 4) is 11.5 Å². The van der Waals surface area contributed by atoms with Crippen molar-refractivity contribution < 1.29 is 14.3 Å². The van der Waals surface area contributed by atoms with Crippen LogP contribution in [0.25, 0.3) is 10.9 Å². The van der Waals surface area contributed by atoms with E-state index in [4.69, 9.17) is 9.47 Å². The highest BCUT2D eigenvalue weighted by Crippen LogP contribution is 2.38. The van der Waals surface area contributed by atoms with E-state index in [0.29, 0.717) is 19.6 Å². The lowest BCUT2D eigenvalue weighted by atomic mass is 10.0. The number of aromatic amines is 1. The Bertz CT molecular complexity index is 1040. The maximum absolute atomic E-state index is 13.0. The van der Waals surface area contributed by atoms with Gasteiger partial charge in [-0.3, -0.25) is 4.79 Å². The van der Waals surface area contributed by atoms with Crippen molar-refractivity contribution >= 4 is 16.8 Å². The normalized spacial score (nSPS) is 18.5. The summed E-state index contributed by atoms with van der Waals surface area (Å²) in [5.41, 5.74) is 3.61. The largest absolute Gasteiger partial charge is 0.490 e. The predicted molar refractivity (Wildman–Crippen MR) is 117 cm³/mol. The Morgan fingerprint density at radius 3 is 2.87 bits per heavy atom. The Hall–Kier alpha value is -2.95. The average molecular weight is 405 g/mol. The van der Waals surface area contributed by atoms with Crippen molar-refractivity contribution in [1.82, 2.24) is 9.88 Å². The molecule has 5 rings (SSSR count). The van der Waals surface area contributed by atoms with Gasteiger partial charge < -0.3 is 19.4 Å². The van der Waals surface area contributed by atoms with E-state index in [9.17, 15) is 4.79 Å². The van der Waals surface area contributed by atoms with Gasteiger partial charge in [-0.2, -0.15) is 0 Å². The fourth-order valence-electron chi connectivity index (χ4n) is 4.71. The van der Waals surface area contributed by atoms with Crippen molar-refractivity contribution in [1.29, 1.82) is 0 Å². The van der Waals surface area contributed by atoms with Gasteiger partial charge in [0.25, 0.3) is 0 Å². The molecule has 1 aromatic heterocycles. The number of aryl methyl sites for hydroxylation is 1. The Morgan fingerprint density at radius 2 is 1.93 bits per heavy atom. The highest BCUT2D eigenvalue weighted by atomic mass is 16.5. The van der Waals surface area contributed by atoms with Crippen LogP contribution in [0.3, 0.4) is 0 Å². The topological polar surface area (TPSA) is 54.6 Å². The molecule has 1 fully saturated rings. The van der Waals surface area contributed by atoms with Crippen molar-refractivity contribution in [2.24, 2.45) is 0 Å². The molecule has 2 aliphatic rings. The molecule has 0 radical (unpaired) electrons. The van der Waals surface area contributed by atoms with E-state index in [0.717, 1.165) is 61.2 Å². The number of rotatable bonds is 5. The summed E-state index contributed by atoms with van der Waals surface area (Å²) in [7, 11) is 0. The minimum atomic E-state index is 0.141. The molecular weight excluding hydrogens is 376 g/mol. The van der Waals surface area contributed by atoms with Gasteiger partial charge in [-0.25, -0.2) is 0 Å². The standard InChI is InChI=1S/C25H28N2O3/c28-25(10-3-6-19-17-26-21-8-2-1-7-20(19)21)27-13-4-9-22(27)18-11-12-23-24(16-18)30-15-5-14-29-23/h1-2,7-8,11-12,16-17,22,26H,3-6,9-10,13-15H2/t22-/m1/s1. The first-order valence-electron chi connectivity index (χ1n) is 11.0. The lowest BCUT2D eigenvalue weighted by molar-refractivity contribution is -0.132. The third kappa shape index (κ3) is 3.76. The summed E-state index contributed by atoms with van der Waals surface area (Å²) in [5.74, 6) is 1.87. The zero-order valence-corrected chi connectivity index (χ0v) is 17.2. The molecule has 2 aliphatic heterocycles. The van der Waals surface area contributed by atoms with E-state index in [2.05, 4.69) is 46.4 Å². The van der Waals surface area contributed by atoms with Crippen LogP contribution in [0.2, 0.25) is 0 Å². The number of aromatic nitrogens is 1. The average Bonchev–Trinajstić information content (AvgIpc) is 3.35.